The van der Waals surface area contributed by atoms with Crippen LogP contribution in [0.5, 0.6) is 0 Å². The predicted molar refractivity (Wildman–Crippen MR) is 99.1 cm³/mol. The van der Waals surface area contributed by atoms with Crippen molar-refractivity contribution in [2.24, 2.45) is 12.0 Å². The van der Waals surface area contributed by atoms with E-state index in [2.05, 4.69) is 70.8 Å². The van der Waals surface area contributed by atoms with Crippen LogP contribution in [0.4, 0.5) is 5.69 Å². The van der Waals surface area contributed by atoms with Crippen LogP contribution < -0.4 is 15.5 Å². The molecule has 2 heterocycles. The number of guanidine groups is 1. The van der Waals surface area contributed by atoms with Gasteiger partial charge in [0.2, 0.25) is 0 Å². The van der Waals surface area contributed by atoms with Gasteiger partial charge < -0.3 is 15.5 Å². The van der Waals surface area contributed by atoms with Crippen molar-refractivity contribution in [3.05, 3.63) is 40.9 Å². The van der Waals surface area contributed by atoms with Gasteiger partial charge in [-0.05, 0) is 30.7 Å². The van der Waals surface area contributed by atoms with Crippen LogP contribution in [0.2, 0.25) is 0 Å². The lowest BCUT2D eigenvalue weighted by Gasteiger charge is -2.20. The first kappa shape index (κ1) is 16.8. The van der Waals surface area contributed by atoms with E-state index < -0.39 is 0 Å². The van der Waals surface area contributed by atoms with Crippen molar-refractivity contribution in [2.45, 2.75) is 19.0 Å². The molecular weight excluding hydrogens is 370 g/mol. The van der Waals surface area contributed by atoms with Gasteiger partial charge in [-0.2, -0.15) is 5.10 Å². The Bertz CT molecular complexity index is 695. The van der Waals surface area contributed by atoms with Crippen molar-refractivity contribution in [2.75, 3.05) is 25.0 Å². The van der Waals surface area contributed by atoms with Crippen LogP contribution in [0.3, 0.4) is 0 Å². The number of nitrogens with zero attached hydrogens (tertiary/aromatic N) is 5. The van der Waals surface area contributed by atoms with Crippen molar-refractivity contribution in [1.29, 1.82) is 0 Å². The molecule has 2 aromatic rings. The molecule has 128 valence electrons. The maximum absolute atomic E-state index is 4.30. The van der Waals surface area contributed by atoms with Gasteiger partial charge >= 0.3 is 0 Å². The number of halogens is 1. The summed E-state index contributed by atoms with van der Waals surface area (Å²) >= 11 is 3.48. The largest absolute Gasteiger partial charge is 0.369 e. The third-order valence-corrected chi connectivity index (χ3v) is 4.69. The number of aliphatic imine (C=N–C) groups is 1. The number of aryl methyl sites for hydroxylation is 1. The number of nitrogens with one attached hydrogen (secondary N) is 2. The predicted octanol–water partition coefficient (Wildman–Crippen LogP) is 1.52. The molecule has 7 nitrogen and oxygen atoms in total. The van der Waals surface area contributed by atoms with Crippen molar-refractivity contribution in [3.63, 3.8) is 0 Å². The molecule has 0 bridgehead atoms. The third-order valence-electron chi connectivity index (χ3n) is 4.16. The Balaban J connectivity index is 1.52. The summed E-state index contributed by atoms with van der Waals surface area (Å²) in [6.07, 6.45) is 2.64. The molecule has 24 heavy (non-hydrogen) atoms. The van der Waals surface area contributed by atoms with Crippen LogP contribution in [0, 0.1) is 0 Å². The summed E-state index contributed by atoms with van der Waals surface area (Å²) < 4.78 is 2.86. The second-order valence-corrected chi connectivity index (χ2v) is 6.69. The number of hydrogen-bond acceptors (Lipinski definition) is 4. The Morgan fingerprint density at radius 1 is 1.38 bits per heavy atom. The molecule has 2 N–H and O–H groups in total. The zero-order valence-electron chi connectivity index (χ0n) is 13.9. The van der Waals surface area contributed by atoms with Gasteiger partial charge in [-0.3, -0.25) is 9.67 Å². The zero-order chi connectivity index (χ0) is 16.9. The number of benzene rings is 1. The summed E-state index contributed by atoms with van der Waals surface area (Å²) in [4.78, 5) is 10.9. The lowest BCUT2D eigenvalue weighted by molar-refractivity contribution is 0.632. The number of aromatic nitrogens is 3. The van der Waals surface area contributed by atoms with Crippen LogP contribution in [0.25, 0.3) is 0 Å². The van der Waals surface area contributed by atoms with Crippen molar-refractivity contribution in [1.82, 2.24) is 25.4 Å². The summed E-state index contributed by atoms with van der Waals surface area (Å²) in [6.45, 7) is 2.60. The van der Waals surface area contributed by atoms with E-state index in [0.717, 1.165) is 35.8 Å². The van der Waals surface area contributed by atoms with Gasteiger partial charge in [-0.1, -0.05) is 15.9 Å². The first-order valence-corrected chi connectivity index (χ1v) is 8.75. The van der Waals surface area contributed by atoms with E-state index in [1.807, 2.05) is 7.05 Å². The highest BCUT2D eigenvalue weighted by molar-refractivity contribution is 9.10. The van der Waals surface area contributed by atoms with E-state index in [0.29, 0.717) is 12.6 Å². The Kier molecular flexibility index (Phi) is 5.34. The van der Waals surface area contributed by atoms with Gasteiger partial charge in [0.1, 0.15) is 12.2 Å². The Hall–Kier alpha value is -2.09. The van der Waals surface area contributed by atoms with Gasteiger partial charge in [0.25, 0.3) is 0 Å². The average Bonchev–Trinajstić information content (AvgIpc) is 3.21. The molecule has 1 atom stereocenters. The molecule has 0 radical (unpaired) electrons. The maximum atomic E-state index is 4.30. The molecule has 1 aliphatic rings. The van der Waals surface area contributed by atoms with Crippen LogP contribution in [0.15, 0.2) is 40.1 Å². The van der Waals surface area contributed by atoms with E-state index in [1.54, 1.807) is 18.1 Å². The van der Waals surface area contributed by atoms with Gasteiger partial charge in [0.05, 0.1) is 6.54 Å². The number of rotatable bonds is 4. The molecular formula is C16H22BrN7. The summed E-state index contributed by atoms with van der Waals surface area (Å²) in [7, 11) is 3.67. The Morgan fingerprint density at radius 3 is 2.83 bits per heavy atom. The maximum Gasteiger partial charge on any atom is 0.191 e. The molecule has 0 aliphatic carbocycles. The zero-order valence-corrected chi connectivity index (χ0v) is 15.5. The van der Waals surface area contributed by atoms with E-state index in [4.69, 9.17) is 0 Å². The minimum Gasteiger partial charge on any atom is -0.369 e. The summed E-state index contributed by atoms with van der Waals surface area (Å²) in [5.41, 5.74) is 1.25. The highest BCUT2D eigenvalue weighted by Gasteiger charge is 2.23. The van der Waals surface area contributed by atoms with Crippen LogP contribution >= 0.6 is 15.9 Å². The van der Waals surface area contributed by atoms with Crippen molar-refractivity contribution >= 4 is 27.6 Å². The molecule has 1 aliphatic heterocycles. The van der Waals surface area contributed by atoms with Crippen LogP contribution in [0.1, 0.15) is 12.2 Å². The van der Waals surface area contributed by atoms with E-state index in [9.17, 15) is 0 Å². The Morgan fingerprint density at radius 2 is 2.17 bits per heavy atom. The van der Waals surface area contributed by atoms with Crippen molar-refractivity contribution in [3.8, 4) is 0 Å². The van der Waals surface area contributed by atoms with E-state index in [-0.39, 0.29) is 0 Å². The molecule has 3 rings (SSSR count). The Labute approximate surface area is 150 Å². The molecule has 1 saturated heterocycles. The number of anilines is 1. The molecule has 0 spiro atoms. The summed E-state index contributed by atoms with van der Waals surface area (Å²) in [5, 5.41) is 10.9. The smallest absolute Gasteiger partial charge is 0.191 e. The fourth-order valence-electron chi connectivity index (χ4n) is 2.80. The fraction of sp³-hybridized carbons (Fsp3) is 0.438. The third kappa shape index (κ3) is 4.05. The van der Waals surface area contributed by atoms with E-state index in [1.165, 1.54) is 5.69 Å². The molecule has 8 heteroatoms. The van der Waals surface area contributed by atoms with Gasteiger partial charge in [-0.25, -0.2) is 4.98 Å². The average molecular weight is 392 g/mol. The first-order valence-electron chi connectivity index (χ1n) is 7.96. The SMILES string of the molecule is CN=C(NCc1ncnn1C)NC1CCN(c2ccc(Br)cc2)C1. The monoisotopic (exact) mass is 391 g/mol. The second kappa shape index (κ2) is 7.65. The summed E-state index contributed by atoms with van der Waals surface area (Å²) in [5.74, 6) is 1.67. The minimum atomic E-state index is 0.374. The molecule has 1 unspecified atom stereocenters. The molecule has 1 aromatic heterocycles. The van der Waals surface area contributed by atoms with E-state index >= 15 is 0 Å². The highest BCUT2D eigenvalue weighted by atomic mass is 79.9. The quantitative estimate of drug-likeness (QED) is 0.610. The van der Waals surface area contributed by atoms with Crippen molar-refractivity contribution < 1.29 is 0 Å². The normalized spacial score (nSPS) is 18.0. The molecule has 1 fully saturated rings. The number of hydrogen-bond donors (Lipinski definition) is 2. The lowest BCUT2D eigenvalue weighted by Crippen LogP contribution is -2.44. The standard InChI is InChI=1S/C16H22BrN7/c1-18-16(19-9-15-20-11-21-23(15)2)22-13-7-8-24(10-13)14-5-3-12(17)4-6-14/h3-6,11,13H,7-10H2,1-2H3,(H2,18,19,22). The topological polar surface area (TPSA) is 70.4 Å². The van der Waals surface area contributed by atoms with Gasteiger partial charge in [-0.15, -0.1) is 0 Å². The summed E-state index contributed by atoms with van der Waals surface area (Å²) in [6, 6.07) is 8.83. The molecule has 1 aromatic carbocycles. The van der Waals surface area contributed by atoms with Crippen LogP contribution in [-0.2, 0) is 13.6 Å². The van der Waals surface area contributed by atoms with Crippen LogP contribution in [-0.4, -0.2) is 46.9 Å². The first-order chi connectivity index (χ1) is 11.7. The van der Waals surface area contributed by atoms with Gasteiger partial charge in [0, 0.05) is 43.4 Å². The molecule has 0 amide bonds. The lowest BCUT2D eigenvalue weighted by atomic mass is 10.3. The highest BCUT2D eigenvalue weighted by Crippen LogP contribution is 2.22. The second-order valence-electron chi connectivity index (χ2n) is 5.78. The van der Waals surface area contributed by atoms with Gasteiger partial charge in [0.15, 0.2) is 5.96 Å². The minimum absolute atomic E-state index is 0.374. The molecule has 0 saturated carbocycles. The fourth-order valence-corrected chi connectivity index (χ4v) is 3.06.